The van der Waals surface area contributed by atoms with Crippen molar-refractivity contribution in [2.24, 2.45) is 0 Å². The standard InChI is InChI=1S/C14H18O12S2.2Na/c1-17-14-12(22-28-26-24-16)11(21-27-25-23-15)10-9(19-14)7-18-13(20-10)8-5-3-2-4-6-8;;/h2-6,9-16H,7H2,1H3;;/q;2*+1/p-2. The van der Waals surface area contributed by atoms with Gasteiger partial charge in [0.1, 0.15) is 18.3 Å². The van der Waals surface area contributed by atoms with E-state index < -0.39 is 37.0 Å². The van der Waals surface area contributed by atoms with Crippen molar-refractivity contribution in [2.75, 3.05) is 13.7 Å². The molecule has 2 aliphatic heterocycles. The monoisotopic (exact) mass is 486 g/mol. The van der Waals surface area contributed by atoms with Gasteiger partial charge in [-0.3, -0.25) is 18.4 Å². The molecule has 0 amide bonds. The van der Waals surface area contributed by atoms with E-state index in [1.807, 2.05) is 30.3 Å². The molecule has 0 saturated carbocycles. The van der Waals surface area contributed by atoms with Gasteiger partial charge in [-0.2, -0.15) is 0 Å². The van der Waals surface area contributed by atoms with Crippen molar-refractivity contribution < 1.29 is 116 Å². The van der Waals surface area contributed by atoms with Crippen LogP contribution in [0.5, 0.6) is 0 Å². The Balaban J connectivity index is 0.00000225. The second kappa shape index (κ2) is 16.1. The molecule has 0 aliphatic carbocycles. The van der Waals surface area contributed by atoms with Gasteiger partial charge in [-0.1, -0.05) is 30.3 Å². The number of hydrogen-bond donors (Lipinski definition) is 0. The molecule has 0 bridgehead atoms. The number of methoxy groups -OCH3 is 1. The quantitative estimate of drug-likeness (QED) is 0.102. The Labute approximate surface area is 225 Å². The summed E-state index contributed by atoms with van der Waals surface area (Å²) in [5.74, 6) is 0. The van der Waals surface area contributed by atoms with Gasteiger partial charge in [0, 0.05) is 12.7 Å². The molecule has 158 valence electrons. The van der Waals surface area contributed by atoms with Crippen LogP contribution in [-0.4, -0.2) is 44.4 Å². The van der Waals surface area contributed by atoms with Crippen molar-refractivity contribution in [3.05, 3.63) is 35.9 Å². The van der Waals surface area contributed by atoms with E-state index in [0.29, 0.717) is 0 Å². The molecule has 6 unspecified atom stereocenters. The maximum Gasteiger partial charge on any atom is 1.00 e. The second-order valence-electron chi connectivity index (χ2n) is 5.49. The first-order valence-corrected chi connectivity index (χ1v) is 9.19. The summed E-state index contributed by atoms with van der Waals surface area (Å²) < 4.78 is 41.9. The van der Waals surface area contributed by atoms with E-state index in [1.54, 1.807) is 0 Å². The van der Waals surface area contributed by atoms with Crippen LogP contribution in [-0.2, 0) is 46.1 Å². The zero-order valence-corrected chi connectivity index (χ0v) is 21.9. The SMILES string of the molecule is COC1OC2COC(c3ccccc3)OC2C(OSOO[O-])C1OSOO[O-].[Na+].[Na+]. The summed E-state index contributed by atoms with van der Waals surface area (Å²) in [5.41, 5.74) is 0.787. The molecule has 30 heavy (non-hydrogen) atoms. The Morgan fingerprint density at radius 1 is 0.933 bits per heavy atom. The molecule has 2 heterocycles. The average Bonchev–Trinajstić information content (AvgIpc) is 2.75. The average molecular weight is 486 g/mol. The largest absolute Gasteiger partial charge is 1.00 e. The van der Waals surface area contributed by atoms with Crippen LogP contribution in [0.15, 0.2) is 30.3 Å². The maximum absolute atomic E-state index is 10.1. The van der Waals surface area contributed by atoms with Gasteiger partial charge in [-0.25, -0.2) is 0 Å². The van der Waals surface area contributed by atoms with E-state index in [2.05, 4.69) is 18.7 Å². The van der Waals surface area contributed by atoms with Gasteiger partial charge in [0.25, 0.3) is 0 Å². The molecule has 0 radical (unpaired) electrons. The maximum atomic E-state index is 10.1. The number of hydrogen-bond acceptors (Lipinski definition) is 14. The first-order valence-electron chi connectivity index (χ1n) is 7.86. The van der Waals surface area contributed by atoms with Gasteiger partial charge in [0.2, 0.25) is 0 Å². The van der Waals surface area contributed by atoms with Crippen molar-refractivity contribution in [3.63, 3.8) is 0 Å². The fourth-order valence-electron chi connectivity index (χ4n) is 2.87. The van der Waals surface area contributed by atoms with E-state index >= 15 is 0 Å². The van der Waals surface area contributed by atoms with Gasteiger partial charge in [-0.15, -0.1) is 8.67 Å². The zero-order valence-electron chi connectivity index (χ0n) is 16.3. The van der Waals surface area contributed by atoms with E-state index in [9.17, 15) is 10.5 Å². The van der Waals surface area contributed by atoms with Gasteiger partial charge in [0.15, 0.2) is 43.3 Å². The van der Waals surface area contributed by atoms with Crippen LogP contribution in [0, 0.1) is 0 Å². The molecule has 6 atom stereocenters. The summed E-state index contributed by atoms with van der Waals surface area (Å²) in [6.45, 7) is 0.174. The molecular weight excluding hydrogens is 470 g/mol. The Bertz CT molecular complexity index is 579. The third kappa shape index (κ3) is 8.03. The second-order valence-corrected chi connectivity index (χ2v) is 6.41. The van der Waals surface area contributed by atoms with Crippen LogP contribution in [0.3, 0.4) is 0 Å². The first-order chi connectivity index (χ1) is 13.8. The predicted molar refractivity (Wildman–Crippen MR) is 84.9 cm³/mol. The smallest absolute Gasteiger partial charge is 0.691 e. The van der Waals surface area contributed by atoms with Gasteiger partial charge < -0.3 is 29.5 Å². The Kier molecular flexibility index (Phi) is 15.8. The molecule has 0 N–H and O–H groups in total. The van der Waals surface area contributed by atoms with Crippen molar-refractivity contribution >= 4 is 24.6 Å². The molecule has 3 rings (SSSR count). The van der Waals surface area contributed by atoms with Crippen molar-refractivity contribution in [1.82, 2.24) is 0 Å². The van der Waals surface area contributed by atoms with Crippen molar-refractivity contribution in [3.8, 4) is 0 Å². The number of fused-ring (bicyclic) bond motifs is 1. The predicted octanol–water partition coefficient (Wildman–Crippen LogP) is -6.18. The fraction of sp³-hybridized carbons (Fsp3) is 0.571. The summed E-state index contributed by atoms with van der Waals surface area (Å²) >= 11 is 0.532. The Hall–Kier alpha value is 1.44. The van der Waals surface area contributed by atoms with Gasteiger partial charge in [-0.05, 0) is 0 Å². The summed E-state index contributed by atoms with van der Waals surface area (Å²) in [6.07, 6.45) is -4.79. The number of benzene rings is 1. The third-order valence-corrected chi connectivity index (χ3v) is 4.82. The molecule has 16 heteroatoms. The molecule has 1 aromatic rings. The van der Waals surface area contributed by atoms with Crippen molar-refractivity contribution in [2.45, 2.75) is 37.0 Å². The number of ether oxygens (including phenoxy) is 4. The van der Waals surface area contributed by atoms with Crippen LogP contribution in [0.4, 0.5) is 0 Å². The Morgan fingerprint density at radius 2 is 1.57 bits per heavy atom. The van der Waals surface area contributed by atoms with Crippen LogP contribution in [0.25, 0.3) is 0 Å². The zero-order chi connectivity index (χ0) is 19.8. The fourth-order valence-corrected chi connectivity index (χ4v) is 3.58. The van der Waals surface area contributed by atoms with Crippen LogP contribution < -0.4 is 69.6 Å². The topological polar surface area (TPSA) is 138 Å². The van der Waals surface area contributed by atoms with Crippen LogP contribution >= 0.6 is 24.6 Å². The minimum absolute atomic E-state index is 0. The van der Waals surface area contributed by atoms with E-state index in [0.717, 1.165) is 5.56 Å². The van der Waals surface area contributed by atoms with E-state index in [-0.39, 0.29) is 90.4 Å². The summed E-state index contributed by atoms with van der Waals surface area (Å²) in [5, 5.41) is 26.6. The minimum atomic E-state index is -0.969. The van der Waals surface area contributed by atoms with Crippen LogP contribution in [0.1, 0.15) is 11.9 Å². The van der Waals surface area contributed by atoms with Gasteiger partial charge >= 0.3 is 59.1 Å². The summed E-state index contributed by atoms with van der Waals surface area (Å²) in [6, 6.07) is 9.24. The normalized spacial score (nSPS) is 30.6. The first kappa shape index (κ1) is 29.5. The molecule has 2 saturated heterocycles. The molecule has 0 aromatic heterocycles. The minimum Gasteiger partial charge on any atom is -0.691 e. The molecule has 0 spiro atoms. The third-order valence-electron chi connectivity index (χ3n) is 4.00. The summed E-state index contributed by atoms with van der Waals surface area (Å²) in [4.78, 5) is 0. The molecule has 12 nitrogen and oxygen atoms in total. The van der Waals surface area contributed by atoms with Gasteiger partial charge in [0.05, 0.1) is 6.61 Å². The van der Waals surface area contributed by atoms with Crippen molar-refractivity contribution in [1.29, 1.82) is 0 Å². The number of rotatable bonds is 10. The molecular formula is C14H16Na2O12S2. The molecule has 2 aliphatic rings. The van der Waals surface area contributed by atoms with Crippen LogP contribution in [0.2, 0.25) is 0 Å². The van der Waals surface area contributed by atoms with E-state index in [4.69, 9.17) is 27.3 Å². The molecule has 2 fully saturated rings. The Morgan fingerprint density at radius 3 is 2.17 bits per heavy atom. The molecule has 1 aromatic carbocycles. The van der Waals surface area contributed by atoms with E-state index in [1.165, 1.54) is 7.11 Å². The summed E-state index contributed by atoms with van der Waals surface area (Å²) in [7, 11) is 1.38.